The number of carbonyl (C=O) groups is 3. The van der Waals surface area contributed by atoms with Gasteiger partial charge in [-0.05, 0) is 12.1 Å². The first-order valence-electron chi connectivity index (χ1n) is 6.82. The van der Waals surface area contributed by atoms with Crippen LogP contribution in [0.25, 0.3) is 0 Å². The molecule has 10 heteroatoms. The largest absolute Gasteiger partial charge is 0.402 e. The molecule has 0 aliphatic carbocycles. The van der Waals surface area contributed by atoms with E-state index in [-0.39, 0.29) is 22.7 Å². The molecule has 0 unspecified atom stereocenters. The van der Waals surface area contributed by atoms with Gasteiger partial charge >= 0.3 is 11.9 Å². The molecule has 2 aromatic rings. The van der Waals surface area contributed by atoms with Gasteiger partial charge in [-0.2, -0.15) is 8.78 Å². The fraction of sp³-hybridized carbons (Fsp3) is 0.214. The molecule has 124 valence electrons. The van der Waals surface area contributed by atoms with E-state index in [4.69, 9.17) is 0 Å². The number of imide groups is 1. The lowest BCUT2D eigenvalue weighted by molar-refractivity contribution is -0.197. The molecule has 2 heterocycles. The van der Waals surface area contributed by atoms with E-state index in [9.17, 15) is 23.2 Å². The van der Waals surface area contributed by atoms with Gasteiger partial charge in [-0.3, -0.25) is 14.3 Å². The SMILES string of the molecule is O=C1c2ccccc2C(=O)N1OC(=O)C(F)(F)CCn1ccnn1. The third kappa shape index (κ3) is 2.73. The molecule has 0 bridgehead atoms. The van der Waals surface area contributed by atoms with Crippen LogP contribution in [0.1, 0.15) is 27.1 Å². The number of nitrogens with zero attached hydrogens (tertiary/aromatic N) is 4. The van der Waals surface area contributed by atoms with Gasteiger partial charge in [-0.25, -0.2) is 4.79 Å². The lowest BCUT2D eigenvalue weighted by atomic mass is 10.1. The van der Waals surface area contributed by atoms with Crippen molar-refractivity contribution in [2.75, 3.05) is 0 Å². The normalized spacial score (nSPS) is 14.0. The van der Waals surface area contributed by atoms with Gasteiger partial charge in [-0.1, -0.05) is 22.4 Å². The van der Waals surface area contributed by atoms with E-state index in [0.717, 1.165) is 4.68 Å². The van der Waals surface area contributed by atoms with Gasteiger partial charge in [0, 0.05) is 19.2 Å². The lowest BCUT2D eigenvalue weighted by Crippen LogP contribution is -2.40. The Morgan fingerprint density at radius 3 is 2.33 bits per heavy atom. The highest BCUT2D eigenvalue weighted by molar-refractivity contribution is 6.20. The highest BCUT2D eigenvalue weighted by Crippen LogP contribution is 2.26. The van der Waals surface area contributed by atoms with Crippen LogP contribution in [0.15, 0.2) is 36.7 Å². The fourth-order valence-corrected chi connectivity index (χ4v) is 2.11. The van der Waals surface area contributed by atoms with E-state index < -0.39 is 30.1 Å². The van der Waals surface area contributed by atoms with Gasteiger partial charge < -0.3 is 4.84 Å². The number of aryl methyl sites for hydroxylation is 1. The van der Waals surface area contributed by atoms with Crippen LogP contribution in [0.5, 0.6) is 0 Å². The molecule has 0 saturated heterocycles. The molecule has 2 amide bonds. The number of aromatic nitrogens is 3. The molecule has 0 spiro atoms. The predicted octanol–water partition coefficient (Wildman–Crippen LogP) is 1.06. The summed E-state index contributed by atoms with van der Waals surface area (Å²) in [6, 6.07) is 5.68. The zero-order valence-electron chi connectivity index (χ0n) is 12.1. The standard InChI is InChI=1S/C14H10F2N4O4/c15-14(16,5-7-19-8-6-17-18-19)13(23)24-20-11(21)9-3-1-2-4-10(9)12(20)22/h1-4,6,8H,5,7H2. The van der Waals surface area contributed by atoms with Gasteiger partial charge in [-0.15, -0.1) is 5.10 Å². The van der Waals surface area contributed by atoms with Crippen LogP contribution in [0, 0.1) is 0 Å². The number of halogens is 2. The number of benzene rings is 1. The van der Waals surface area contributed by atoms with Crippen molar-refractivity contribution in [2.24, 2.45) is 0 Å². The number of rotatable bonds is 5. The van der Waals surface area contributed by atoms with E-state index in [1.54, 1.807) is 0 Å². The molecular formula is C14H10F2N4O4. The molecule has 24 heavy (non-hydrogen) atoms. The van der Waals surface area contributed by atoms with Crippen LogP contribution >= 0.6 is 0 Å². The summed E-state index contributed by atoms with van der Waals surface area (Å²) in [4.78, 5) is 40.0. The molecule has 1 aromatic carbocycles. The second kappa shape index (κ2) is 5.80. The summed E-state index contributed by atoms with van der Waals surface area (Å²) in [7, 11) is 0. The molecule has 8 nitrogen and oxygen atoms in total. The first-order chi connectivity index (χ1) is 11.4. The van der Waals surface area contributed by atoms with E-state index in [1.165, 1.54) is 36.7 Å². The maximum atomic E-state index is 13.9. The van der Waals surface area contributed by atoms with Crippen molar-refractivity contribution in [3.63, 3.8) is 0 Å². The molecule has 1 aliphatic rings. The highest BCUT2D eigenvalue weighted by Gasteiger charge is 2.46. The minimum atomic E-state index is -3.90. The first kappa shape index (κ1) is 15.7. The Kier molecular flexibility index (Phi) is 3.80. The van der Waals surface area contributed by atoms with Crippen molar-refractivity contribution in [2.45, 2.75) is 18.9 Å². The Morgan fingerprint density at radius 1 is 1.17 bits per heavy atom. The minimum Gasteiger partial charge on any atom is -0.323 e. The number of hydrogen-bond acceptors (Lipinski definition) is 6. The Balaban J connectivity index is 1.68. The Hall–Kier alpha value is -3.17. The predicted molar refractivity (Wildman–Crippen MR) is 72.6 cm³/mol. The van der Waals surface area contributed by atoms with Crippen LogP contribution in [-0.4, -0.2) is 43.8 Å². The number of alkyl halides is 2. The summed E-state index contributed by atoms with van der Waals surface area (Å²) in [5.74, 6) is -7.81. The average Bonchev–Trinajstić information content (AvgIpc) is 3.17. The summed E-state index contributed by atoms with van der Waals surface area (Å²) in [5, 5.41) is 7.00. The number of hydroxylamine groups is 2. The Morgan fingerprint density at radius 2 is 1.79 bits per heavy atom. The number of fused-ring (bicyclic) bond motifs is 1. The first-order valence-corrected chi connectivity index (χ1v) is 6.82. The van der Waals surface area contributed by atoms with E-state index >= 15 is 0 Å². The molecule has 0 N–H and O–H groups in total. The van der Waals surface area contributed by atoms with Crippen molar-refractivity contribution in [1.29, 1.82) is 0 Å². The van der Waals surface area contributed by atoms with Crippen LogP contribution in [0.3, 0.4) is 0 Å². The Bertz CT molecular complexity index is 772. The molecule has 0 fully saturated rings. The number of carbonyl (C=O) groups excluding carboxylic acids is 3. The molecular weight excluding hydrogens is 326 g/mol. The zero-order chi connectivity index (χ0) is 17.3. The second-order valence-electron chi connectivity index (χ2n) is 4.95. The van der Waals surface area contributed by atoms with Crippen LogP contribution in [0.2, 0.25) is 0 Å². The molecule has 0 saturated carbocycles. The smallest absolute Gasteiger partial charge is 0.323 e. The second-order valence-corrected chi connectivity index (χ2v) is 4.95. The maximum Gasteiger partial charge on any atom is 0.402 e. The summed E-state index contributed by atoms with van der Waals surface area (Å²) in [6.45, 7) is -0.287. The van der Waals surface area contributed by atoms with Gasteiger partial charge in [0.05, 0.1) is 17.3 Å². The van der Waals surface area contributed by atoms with Crippen LogP contribution in [-0.2, 0) is 16.2 Å². The van der Waals surface area contributed by atoms with E-state index in [0.29, 0.717) is 0 Å². The zero-order valence-corrected chi connectivity index (χ0v) is 12.1. The number of amides is 2. The quantitative estimate of drug-likeness (QED) is 0.758. The summed E-state index contributed by atoms with van der Waals surface area (Å²) in [6.07, 6.45) is 1.74. The fourth-order valence-electron chi connectivity index (χ4n) is 2.11. The summed E-state index contributed by atoms with van der Waals surface area (Å²) in [5.41, 5.74) is -0.0255. The molecule has 0 atom stereocenters. The molecule has 3 rings (SSSR count). The minimum absolute atomic E-state index is 0.0127. The summed E-state index contributed by atoms with van der Waals surface area (Å²) >= 11 is 0. The third-order valence-corrected chi connectivity index (χ3v) is 3.36. The van der Waals surface area contributed by atoms with Gasteiger partial charge in [0.15, 0.2) is 0 Å². The Labute approximate surface area is 133 Å². The summed E-state index contributed by atoms with van der Waals surface area (Å²) < 4.78 is 28.8. The van der Waals surface area contributed by atoms with Crippen molar-refractivity contribution in [3.05, 3.63) is 47.8 Å². The maximum absolute atomic E-state index is 13.9. The average molecular weight is 336 g/mol. The van der Waals surface area contributed by atoms with Crippen molar-refractivity contribution in [1.82, 2.24) is 20.1 Å². The third-order valence-electron chi connectivity index (χ3n) is 3.36. The van der Waals surface area contributed by atoms with E-state index in [2.05, 4.69) is 15.1 Å². The molecule has 0 radical (unpaired) electrons. The molecule has 1 aromatic heterocycles. The topological polar surface area (TPSA) is 94.4 Å². The van der Waals surface area contributed by atoms with Crippen molar-refractivity contribution >= 4 is 17.8 Å². The molecule has 1 aliphatic heterocycles. The van der Waals surface area contributed by atoms with Crippen molar-refractivity contribution < 1.29 is 28.0 Å². The monoisotopic (exact) mass is 336 g/mol. The van der Waals surface area contributed by atoms with E-state index in [1.807, 2.05) is 0 Å². The van der Waals surface area contributed by atoms with Gasteiger partial charge in [0.2, 0.25) is 0 Å². The number of hydrogen-bond donors (Lipinski definition) is 0. The highest BCUT2D eigenvalue weighted by atomic mass is 19.3. The van der Waals surface area contributed by atoms with Gasteiger partial charge in [0.1, 0.15) is 0 Å². The van der Waals surface area contributed by atoms with Crippen LogP contribution in [0.4, 0.5) is 8.78 Å². The van der Waals surface area contributed by atoms with Crippen molar-refractivity contribution in [3.8, 4) is 0 Å². The van der Waals surface area contributed by atoms with Gasteiger partial charge in [0.25, 0.3) is 11.8 Å². The van der Waals surface area contributed by atoms with Crippen LogP contribution < -0.4 is 0 Å². The lowest BCUT2D eigenvalue weighted by Gasteiger charge is -2.18.